The predicted octanol–water partition coefficient (Wildman–Crippen LogP) is 1.64. The summed E-state index contributed by atoms with van der Waals surface area (Å²) in [6, 6.07) is 0. The van der Waals surface area contributed by atoms with Gasteiger partial charge in [-0.1, -0.05) is 24.9 Å². The molecule has 0 aliphatic carbocycles. The van der Waals surface area contributed by atoms with Crippen LogP contribution in [0.5, 0.6) is 0 Å². The standard InChI is InChI=1S/C12H13ClN6O/c1-2-3-8-7(4-20)10(13)19(18-8)12-9-11(15-5-14-9)16-6-17-12/h5-6,20H,2-4H2,1H3,(H,14,15,16,17). The number of rotatable bonds is 4. The van der Waals surface area contributed by atoms with Crippen molar-refractivity contribution in [2.24, 2.45) is 0 Å². The molecule has 0 radical (unpaired) electrons. The molecular formula is C12H13ClN6O. The fourth-order valence-corrected chi connectivity index (χ4v) is 2.41. The van der Waals surface area contributed by atoms with Crippen molar-refractivity contribution < 1.29 is 5.11 Å². The van der Waals surface area contributed by atoms with Gasteiger partial charge in [-0.15, -0.1) is 0 Å². The van der Waals surface area contributed by atoms with Gasteiger partial charge in [0.25, 0.3) is 0 Å². The van der Waals surface area contributed by atoms with Gasteiger partial charge in [0, 0.05) is 5.56 Å². The van der Waals surface area contributed by atoms with Gasteiger partial charge in [-0.2, -0.15) is 5.10 Å². The highest BCUT2D eigenvalue weighted by molar-refractivity contribution is 6.30. The lowest BCUT2D eigenvalue weighted by Gasteiger charge is -2.02. The molecule has 0 bridgehead atoms. The first-order valence-electron chi connectivity index (χ1n) is 6.27. The number of nitrogens with one attached hydrogen (secondary N) is 1. The smallest absolute Gasteiger partial charge is 0.184 e. The highest BCUT2D eigenvalue weighted by atomic mass is 35.5. The molecule has 0 unspecified atom stereocenters. The maximum absolute atomic E-state index is 9.47. The van der Waals surface area contributed by atoms with Gasteiger partial charge >= 0.3 is 0 Å². The third-order valence-electron chi connectivity index (χ3n) is 3.05. The zero-order valence-corrected chi connectivity index (χ0v) is 11.6. The summed E-state index contributed by atoms with van der Waals surface area (Å²) in [7, 11) is 0. The number of H-pyrrole nitrogens is 1. The van der Waals surface area contributed by atoms with Crippen LogP contribution in [0.1, 0.15) is 24.6 Å². The van der Waals surface area contributed by atoms with Crippen molar-refractivity contribution in [2.75, 3.05) is 0 Å². The second-order valence-corrected chi connectivity index (χ2v) is 4.69. The number of aliphatic hydroxyl groups excluding tert-OH is 1. The van der Waals surface area contributed by atoms with Crippen LogP contribution in [0.3, 0.4) is 0 Å². The number of aromatic amines is 1. The second kappa shape index (κ2) is 5.18. The van der Waals surface area contributed by atoms with Crippen LogP contribution in [0.25, 0.3) is 17.0 Å². The van der Waals surface area contributed by atoms with Gasteiger partial charge < -0.3 is 10.1 Å². The topological polar surface area (TPSA) is 92.5 Å². The van der Waals surface area contributed by atoms with Gasteiger partial charge in [0.2, 0.25) is 0 Å². The van der Waals surface area contributed by atoms with E-state index < -0.39 is 0 Å². The Bertz CT molecular complexity index is 750. The molecule has 0 aliphatic heterocycles. The van der Waals surface area contributed by atoms with E-state index in [4.69, 9.17) is 11.6 Å². The maximum atomic E-state index is 9.47. The van der Waals surface area contributed by atoms with Crippen LogP contribution in [0.4, 0.5) is 0 Å². The van der Waals surface area contributed by atoms with Crippen molar-refractivity contribution in [3.63, 3.8) is 0 Å². The summed E-state index contributed by atoms with van der Waals surface area (Å²) < 4.78 is 1.51. The molecule has 0 aliphatic rings. The van der Waals surface area contributed by atoms with Crippen molar-refractivity contribution in [3.05, 3.63) is 29.1 Å². The molecule has 3 heterocycles. The summed E-state index contributed by atoms with van der Waals surface area (Å²) in [6.07, 6.45) is 4.62. The Morgan fingerprint density at radius 3 is 2.95 bits per heavy atom. The Balaban J connectivity index is 2.21. The Labute approximate surface area is 119 Å². The predicted molar refractivity (Wildman–Crippen MR) is 73.7 cm³/mol. The third-order valence-corrected chi connectivity index (χ3v) is 3.44. The Morgan fingerprint density at radius 1 is 1.35 bits per heavy atom. The van der Waals surface area contributed by atoms with Crippen LogP contribution in [0.15, 0.2) is 12.7 Å². The third kappa shape index (κ3) is 1.95. The first-order valence-corrected chi connectivity index (χ1v) is 6.65. The van der Waals surface area contributed by atoms with Gasteiger partial charge in [-0.25, -0.2) is 19.6 Å². The first-order chi connectivity index (χ1) is 9.76. The van der Waals surface area contributed by atoms with Crippen LogP contribution in [-0.2, 0) is 13.0 Å². The number of halogens is 1. The number of aliphatic hydroxyl groups is 1. The molecule has 3 rings (SSSR count). The lowest BCUT2D eigenvalue weighted by atomic mass is 10.2. The molecule has 0 aromatic carbocycles. The molecule has 8 heteroatoms. The van der Waals surface area contributed by atoms with Crippen molar-refractivity contribution >= 4 is 22.8 Å². The molecule has 0 spiro atoms. The van der Waals surface area contributed by atoms with Crippen LogP contribution in [0, 0.1) is 0 Å². The quantitative estimate of drug-likeness (QED) is 0.762. The number of hydrogen-bond donors (Lipinski definition) is 2. The molecule has 0 saturated heterocycles. The second-order valence-electron chi connectivity index (χ2n) is 4.33. The van der Waals surface area contributed by atoms with E-state index in [1.54, 1.807) is 6.33 Å². The monoisotopic (exact) mass is 292 g/mol. The van der Waals surface area contributed by atoms with E-state index in [1.807, 2.05) is 6.92 Å². The number of nitrogens with zero attached hydrogens (tertiary/aromatic N) is 5. The largest absolute Gasteiger partial charge is 0.391 e. The van der Waals surface area contributed by atoms with E-state index in [2.05, 4.69) is 25.0 Å². The number of aromatic nitrogens is 6. The molecule has 104 valence electrons. The summed E-state index contributed by atoms with van der Waals surface area (Å²) in [5.41, 5.74) is 2.62. The number of fused-ring (bicyclic) bond motifs is 1. The molecule has 0 atom stereocenters. The Hall–Kier alpha value is -1.99. The summed E-state index contributed by atoms with van der Waals surface area (Å²) in [4.78, 5) is 15.3. The fraction of sp³-hybridized carbons (Fsp3) is 0.333. The van der Waals surface area contributed by atoms with Gasteiger partial charge in [-0.05, 0) is 6.42 Å². The molecule has 3 aromatic heterocycles. The minimum Gasteiger partial charge on any atom is -0.391 e. The minimum atomic E-state index is -0.147. The van der Waals surface area contributed by atoms with Gasteiger partial charge in [-0.3, -0.25) is 0 Å². The Morgan fingerprint density at radius 2 is 2.20 bits per heavy atom. The van der Waals surface area contributed by atoms with E-state index in [1.165, 1.54) is 11.0 Å². The molecule has 7 nitrogen and oxygen atoms in total. The zero-order chi connectivity index (χ0) is 14.1. The lowest BCUT2D eigenvalue weighted by molar-refractivity contribution is 0.280. The Kier molecular flexibility index (Phi) is 3.37. The van der Waals surface area contributed by atoms with Crippen LogP contribution >= 0.6 is 11.6 Å². The van der Waals surface area contributed by atoms with E-state index in [0.29, 0.717) is 27.7 Å². The molecule has 2 N–H and O–H groups in total. The molecule has 0 amide bonds. The van der Waals surface area contributed by atoms with Crippen molar-refractivity contribution in [1.29, 1.82) is 0 Å². The number of imidazole rings is 1. The number of hydrogen-bond acceptors (Lipinski definition) is 5. The highest BCUT2D eigenvalue weighted by Crippen LogP contribution is 2.26. The molecular weight excluding hydrogens is 280 g/mol. The normalized spacial score (nSPS) is 11.3. The fourth-order valence-electron chi connectivity index (χ4n) is 2.12. The average molecular weight is 293 g/mol. The molecule has 0 fully saturated rings. The molecule has 0 saturated carbocycles. The summed E-state index contributed by atoms with van der Waals surface area (Å²) in [5, 5.41) is 14.3. The summed E-state index contributed by atoms with van der Waals surface area (Å²) >= 11 is 6.31. The summed E-state index contributed by atoms with van der Waals surface area (Å²) in [5.74, 6) is 0.523. The van der Waals surface area contributed by atoms with Crippen LogP contribution < -0.4 is 0 Å². The minimum absolute atomic E-state index is 0.147. The first kappa shape index (κ1) is 13.0. The zero-order valence-electron chi connectivity index (χ0n) is 10.8. The van der Waals surface area contributed by atoms with Gasteiger partial charge in [0.05, 0.1) is 18.6 Å². The SMILES string of the molecule is CCCc1nn(-c2ncnc3nc[nH]c23)c(Cl)c1CO. The van der Waals surface area contributed by atoms with Crippen LogP contribution in [-0.4, -0.2) is 34.8 Å². The van der Waals surface area contributed by atoms with E-state index >= 15 is 0 Å². The van der Waals surface area contributed by atoms with Crippen molar-refractivity contribution in [2.45, 2.75) is 26.4 Å². The van der Waals surface area contributed by atoms with E-state index in [-0.39, 0.29) is 6.61 Å². The average Bonchev–Trinajstić information content (AvgIpc) is 3.03. The van der Waals surface area contributed by atoms with E-state index in [0.717, 1.165) is 18.5 Å². The highest BCUT2D eigenvalue weighted by Gasteiger charge is 2.19. The van der Waals surface area contributed by atoms with Gasteiger partial charge in [0.1, 0.15) is 17.0 Å². The lowest BCUT2D eigenvalue weighted by Crippen LogP contribution is -2.02. The molecule has 3 aromatic rings. The summed E-state index contributed by atoms with van der Waals surface area (Å²) in [6.45, 7) is 1.90. The van der Waals surface area contributed by atoms with Crippen molar-refractivity contribution in [1.82, 2.24) is 29.7 Å². The maximum Gasteiger partial charge on any atom is 0.184 e. The van der Waals surface area contributed by atoms with Gasteiger partial charge in [0.15, 0.2) is 11.5 Å². The number of aryl methyl sites for hydroxylation is 1. The van der Waals surface area contributed by atoms with E-state index in [9.17, 15) is 5.11 Å². The molecule has 20 heavy (non-hydrogen) atoms. The van der Waals surface area contributed by atoms with Crippen LogP contribution in [0.2, 0.25) is 5.15 Å². The van der Waals surface area contributed by atoms with Crippen molar-refractivity contribution in [3.8, 4) is 5.82 Å².